The number of aromatic nitrogens is 2. The van der Waals surface area contributed by atoms with E-state index in [9.17, 15) is 26.4 Å². The van der Waals surface area contributed by atoms with Gasteiger partial charge in [0.25, 0.3) is 5.52 Å². The molecule has 1 aliphatic rings. The highest BCUT2D eigenvalue weighted by molar-refractivity contribution is 7.87. The Morgan fingerprint density at radius 3 is 2.42 bits per heavy atom. The van der Waals surface area contributed by atoms with Gasteiger partial charge < -0.3 is 14.4 Å². The van der Waals surface area contributed by atoms with E-state index in [1.165, 1.54) is 30.2 Å². The molecule has 1 aliphatic heterocycles. The number of ether oxygens (including phenoxy) is 2. The molecule has 0 N–H and O–H groups in total. The summed E-state index contributed by atoms with van der Waals surface area (Å²) in [4.78, 5) is 18.1. The van der Waals surface area contributed by atoms with Crippen molar-refractivity contribution in [3.63, 3.8) is 0 Å². The molecule has 0 radical (unpaired) electrons. The second-order valence-corrected chi connectivity index (χ2v) is 9.68. The predicted octanol–water partition coefficient (Wildman–Crippen LogP) is 2.83. The highest BCUT2D eigenvalue weighted by Crippen LogP contribution is 2.29. The second-order valence-electron chi connectivity index (χ2n) is 8.16. The second kappa shape index (κ2) is 8.69. The van der Waals surface area contributed by atoms with Gasteiger partial charge in [-0.3, -0.25) is 0 Å². The Balaban J connectivity index is 1.99. The molecule has 13 heteroatoms. The Kier molecular flexibility index (Phi) is 6.46. The third-order valence-electron chi connectivity index (χ3n) is 4.60. The minimum Gasteiger partial charge on any atom is -0.481 e. The van der Waals surface area contributed by atoms with E-state index in [1.54, 1.807) is 26.8 Å². The first-order chi connectivity index (χ1) is 15.2. The molecule has 2 aromatic heterocycles. The molecule has 33 heavy (non-hydrogen) atoms. The summed E-state index contributed by atoms with van der Waals surface area (Å²) >= 11 is 0. The summed E-state index contributed by atoms with van der Waals surface area (Å²) in [6.45, 7) is 5.90. The van der Waals surface area contributed by atoms with Gasteiger partial charge in [-0.25, -0.2) is 9.78 Å². The molecule has 0 saturated carbocycles. The molecular formula is C20H23F3N3O6S+. The van der Waals surface area contributed by atoms with Gasteiger partial charge in [-0.15, -0.1) is 4.28 Å². The fourth-order valence-corrected chi connectivity index (χ4v) is 3.53. The molecule has 3 heterocycles. The van der Waals surface area contributed by atoms with Gasteiger partial charge in [0, 0.05) is 41.6 Å². The Hall–Kier alpha value is -3.09. The summed E-state index contributed by atoms with van der Waals surface area (Å²) in [6.07, 6.45) is 2.80. The molecular weight excluding hydrogens is 467 g/mol. The number of pyridine rings is 2. The first-order valence-electron chi connectivity index (χ1n) is 9.80. The lowest BCUT2D eigenvalue weighted by Gasteiger charge is -2.29. The summed E-state index contributed by atoms with van der Waals surface area (Å²) in [5, 5.41) is 0. The maximum absolute atomic E-state index is 12.8. The summed E-state index contributed by atoms with van der Waals surface area (Å²) in [5.41, 5.74) is -4.77. The number of hydrogen-bond acceptors (Lipinski definition) is 7. The Morgan fingerprint density at radius 2 is 1.88 bits per heavy atom. The van der Waals surface area contributed by atoms with Crippen LogP contribution in [0.5, 0.6) is 5.88 Å². The van der Waals surface area contributed by atoms with Crippen LogP contribution >= 0.6 is 0 Å². The van der Waals surface area contributed by atoms with Gasteiger partial charge in [0.15, 0.2) is 5.52 Å². The Labute approximate surface area is 188 Å². The summed E-state index contributed by atoms with van der Waals surface area (Å²) < 4.78 is 76.6. The van der Waals surface area contributed by atoms with Gasteiger partial charge in [0.05, 0.1) is 7.11 Å². The molecule has 0 aliphatic carbocycles. The fraction of sp³-hybridized carbons (Fsp3) is 0.450. The number of hydrogen-bond donors (Lipinski definition) is 0. The van der Waals surface area contributed by atoms with E-state index in [-0.39, 0.29) is 23.5 Å². The lowest BCUT2D eigenvalue weighted by atomic mass is 9.99. The van der Waals surface area contributed by atoms with E-state index < -0.39 is 27.3 Å². The minimum atomic E-state index is -5.90. The van der Waals surface area contributed by atoms with Crippen LogP contribution in [-0.2, 0) is 14.9 Å². The zero-order valence-corrected chi connectivity index (χ0v) is 19.2. The van der Waals surface area contributed by atoms with E-state index in [0.29, 0.717) is 23.3 Å². The highest BCUT2D eigenvalue weighted by atomic mass is 32.2. The molecule has 0 spiro atoms. The number of fused-ring (bicyclic) bond motifs is 1. The van der Waals surface area contributed by atoms with Crippen LogP contribution < -0.4 is 13.8 Å². The third-order valence-corrected chi connectivity index (χ3v) is 5.52. The molecule has 180 valence electrons. The van der Waals surface area contributed by atoms with Gasteiger partial charge in [-0.2, -0.15) is 21.6 Å². The molecule has 9 nitrogen and oxygen atoms in total. The molecule has 0 atom stereocenters. The van der Waals surface area contributed by atoms with Crippen LogP contribution in [0, 0.1) is 0 Å². The summed E-state index contributed by atoms with van der Waals surface area (Å²) in [5.74, 6) is 0.173. The number of amides is 1. The fourth-order valence-electron chi connectivity index (χ4n) is 3.10. The van der Waals surface area contributed by atoms with Crippen LogP contribution in [0.1, 0.15) is 32.8 Å². The van der Waals surface area contributed by atoms with Crippen LogP contribution in [0.25, 0.3) is 16.6 Å². The van der Waals surface area contributed by atoms with E-state index in [0.717, 1.165) is 11.8 Å². The number of carbonyl (C=O) groups is 1. The molecule has 0 fully saturated rings. The molecule has 1 amide bonds. The van der Waals surface area contributed by atoms with E-state index in [1.807, 2.05) is 0 Å². The average Bonchev–Trinajstić information content (AvgIpc) is 2.71. The topological polar surface area (TPSA) is 98.9 Å². The molecule has 2 aromatic rings. The Morgan fingerprint density at radius 1 is 1.18 bits per heavy atom. The maximum atomic E-state index is 12.8. The SMILES string of the molecule is COc1ccc2c(n1)c(C1=CCN(C(=O)OC(C)(C)C)CC1)cc[n+]2OS(=O)(=O)C(F)(F)F. The zero-order valence-electron chi connectivity index (χ0n) is 18.3. The standard InChI is InChI=1S/C20H23F3N3O6S/c1-19(2,3)31-18(27)25-10-7-13(8-11-25)14-9-12-26(32-33(28,29)20(21,22)23)15-5-6-16(30-4)24-17(14)15/h5-7,9,12H,8,10-11H2,1-4H3/q+1. The van der Waals surface area contributed by atoms with Crippen molar-refractivity contribution < 1.29 is 44.9 Å². The van der Waals surface area contributed by atoms with Crippen molar-refractivity contribution in [2.45, 2.75) is 38.3 Å². The largest absolute Gasteiger partial charge is 0.540 e. The predicted molar refractivity (Wildman–Crippen MR) is 110 cm³/mol. The zero-order chi connectivity index (χ0) is 24.6. The smallest absolute Gasteiger partial charge is 0.481 e. The van der Waals surface area contributed by atoms with E-state index in [2.05, 4.69) is 9.27 Å². The first-order valence-corrected chi connectivity index (χ1v) is 11.2. The van der Waals surface area contributed by atoms with E-state index in [4.69, 9.17) is 9.47 Å². The van der Waals surface area contributed by atoms with E-state index >= 15 is 0 Å². The number of rotatable bonds is 4. The number of nitrogens with zero attached hydrogens (tertiary/aromatic N) is 3. The average molecular weight is 490 g/mol. The maximum Gasteiger partial charge on any atom is 0.540 e. The number of methoxy groups -OCH3 is 1. The van der Waals surface area contributed by atoms with Crippen molar-refractivity contribution >= 4 is 32.8 Å². The van der Waals surface area contributed by atoms with Gasteiger partial charge in [0.2, 0.25) is 12.1 Å². The number of alkyl halides is 3. The van der Waals surface area contributed by atoms with Crippen molar-refractivity contribution in [1.29, 1.82) is 0 Å². The minimum absolute atomic E-state index is 0.0170. The van der Waals surface area contributed by atoms with Crippen molar-refractivity contribution in [2.24, 2.45) is 0 Å². The molecule has 0 saturated heterocycles. The Bertz CT molecular complexity index is 1210. The van der Waals surface area contributed by atoms with Crippen LogP contribution in [-0.4, -0.2) is 55.7 Å². The summed E-state index contributed by atoms with van der Waals surface area (Å²) in [7, 11) is -4.53. The molecule has 0 unspecified atom stereocenters. The van der Waals surface area contributed by atoms with Crippen molar-refractivity contribution in [2.75, 3.05) is 20.2 Å². The van der Waals surface area contributed by atoms with Gasteiger partial charge in [0.1, 0.15) is 5.60 Å². The first kappa shape index (κ1) is 24.6. The quantitative estimate of drug-likeness (QED) is 0.480. The lowest BCUT2D eigenvalue weighted by Crippen LogP contribution is -2.50. The van der Waals surface area contributed by atoms with Crippen LogP contribution in [0.2, 0.25) is 0 Å². The number of carbonyl (C=O) groups excluding carboxylic acids is 1. The van der Waals surface area contributed by atoms with Crippen molar-refractivity contribution in [3.8, 4) is 5.88 Å². The molecule has 0 aromatic carbocycles. The third kappa shape index (κ3) is 5.46. The van der Waals surface area contributed by atoms with Crippen LogP contribution in [0.4, 0.5) is 18.0 Å². The summed E-state index contributed by atoms with van der Waals surface area (Å²) in [6, 6.07) is 4.11. The monoisotopic (exact) mass is 490 g/mol. The van der Waals surface area contributed by atoms with Crippen LogP contribution in [0.3, 0.4) is 0 Å². The molecule has 3 rings (SSSR count). The van der Waals surface area contributed by atoms with Crippen molar-refractivity contribution in [3.05, 3.63) is 36.0 Å². The van der Waals surface area contributed by atoms with Gasteiger partial charge in [-0.05, 0) is 32.8 Å². The van der Waals surface area contributed by atoms with Crippen LogP contribution in [0.15, 0.2) is 30.5 Å². The van der Waals surface area contributed by atoms with Crippen molar-refractivity contribution in [1.82, 2.24) is 9.88 Å². The number of halogens is 3. The van der Waals surface area contributed by atoms with Gasteiger partial charge in [-0.1, -0.05) is 6.08 Å². The highest BCUT2D eigenvalue weighted by Gasteiger charge is 2.52. The normalized spacial score (nSPS) is 15.2. The lowest BCUT2D eigenvalue weighted by molar-refractivity contribution is -0.835. The van der Waals surface area contributed by atoms with Gasteiger partial charge >= 0.3 is 21.7 Å². The molecule has 0 bridgehead atoms.